The Kier molecular flexibility index (Phi) is 7.16. The number of carbonyl (C=O) groups is 2. The van der Waals surface area contributed by atoms with Gasteiger partial charge in [0.25, 0.3) is 0 Å². The van der Waals surface area contributed by atoms with Gasteiger partial charge in [-0.3, -0.25) is 9.59 Å². The molecule has 6 heteroatoms. The van der Waals surface area contributed by atoms with Crippen LogP contribution in [-0.4, -0.2) is 43.8 Å². The van der Waals surface area contributed by atoms with Gasteiger partial charge in [0.15, 0.2) is 6.29 Å². The summed E-state index contributed by atoms with van der Waals surface area (Å²) < 4.78 is 17.5. The zero-order valence-corrected chi connectivity index (χ0v) is 20.3. The number of hydrogen-bond acceptors (Lipinski definition) is 5. The lowest BCUT2D eigenvalue weighted by Gasteiger charge is -2.29. The molecule has 0 radical (unpaired) electrons. The highest BCUT2D eigenvalue weighted by molar-refractivity contribution is 6.30. The predicted molar refractivity (Wildman–Crippen MR) is 130 cm³/mol. The fourth-order valence-corrected chi connectivity index (χ4v) is 5.68. The van der Waals surface area contributed by atoms with Crippen molar-refractivity contribution in [2.24, 2.45) is 11.8 Å². The van der Waals surface area contributed by atoms with Crippen molar-refractivity contribution in [1.82, 2.24) is 0 Å². The van der Waals surface area contributed by atoms with E-state index >= 15 is 0 Å². The Morgan fingerprint density at radius 2 is 1.62 bits per heavy atom. The number of ether oxygens (including phenoxy) is 3. The molecule has 5 nitrogen and oxygen atoms in total. The molecular formula is C28H31ClO5. The molecule has 0 bridgehead atoms. The first kappa shape index (κ1) is 23.7. The molecule has 5 rings (SSSR count). The van der Waals surface area contributed by atoms with Crippen LogP contribution in [0.3, 0.4) is 0 Å². The molecule has 2 aromatic rings. The molecule has 2 saturated heterocycles. The Morgan fingerprint density at radius 1 is 0.941 bits per heavy atom. The van der Waals surface area contributed by atoms with E-state index in [-0.39, 0.29) is 29.9 Å². The van der Waals surface area contributed by atoms with E-state index in [1.165, 1.54) is 0 Å². The quantitative estimate of drug-likeness (QED) is 0.526. The molecule has 3 fully saturated rings. The first-order chi connectivity index (χ1) is 16.5. The standard InChI is InChI=1S/C28H31ClO5/c1-17-2-3-21(19-4-6-22(29)7-5-19)15-23(17)28-24(30)12-18(13-25(28)31)14-27-33-16-26(34-27)20-8-10-32-11-9-20/h2-7,15,18,20,26-28H,8-14,16H2,1H3. The van der Waals surface area contributed by atoms with Crippen LogP contribution in [0.1, 0.15) is 49.1 Å². The van der Waals surface area contributed by atoms with E-state index in [9.17, 15) is 9.59 Å². The van der Waals surface area contributed by atoms with Gasteiger partial charge in [-0.25, -0.2) is 0 Å². The first-order valence-electron chi connectivity index (χ1n) is 12.2. The van der Waals surface area contributed by atoms with Crippen LogP contribution < -0.4 is 0 Å². The Morgan fingerprint density at radius 3 is 2.32 bits per heavy atom. The molecule has 3 aliphatic rings. The zero-order valence-electron chi connectivity index (χ0n) is 19.5. The Balaban J connectivity index is 1.24. The molecule has 2 unspecified atom stereocenters. The molecule has 2 atom stereocenters. The number of Topliss-reactive ketones (excluding diaryl/α,β-unsaturated/α-hetero) is 2. The number of rotatable bonds is 5. The highest BCUT2D eigenvalue weighted by Gasteiger charge is 2.40. The largest absolute Gasteiger partial charge is 0.381 e. The molecule has 0 N–H and O–H groups in total. The molecule has 0 spiro atoms. The van der Waals surface area contributed by atoms with Crippen LogP contribution >= 0.6 is 11.6 Å². The molecular weight excluding hydrogens is 452 g/mol. The maximum atomic E-state index is 13.2. The highest BCUT2D eigenvalue weighted by atomic mass is 35.5. The monoisotopic (exact) mass is 482 g/mol. The minimum atomic E-state index is -0.691. The van der Waals surface area contributed by atoms with Crippen molar-refractivity contribution < 1.29 is 23.8 Å². The highest BCUT2D eigenvalue weighted by Crippen LogP contribution is 2.38. The predicted octanol–water partition coefficient (Wildman–Crippen LogP) is 5.51. The van der Waals surface area contributed by atoms with Gasteiger partial charge in [-0.15, -0.1) is 0 Å². The second-order valence-electron chi connectivity index (χ2n) is 9.84. The summed E-state index contributed by atoms with van der Waals surface area (Å²) in [6.07, 6.45) is 3.11. The van der Waals surface area contributed by atoms with Crippen molar-refractivity contribution in [2.45, 2.75) is 57.3 Å². The van der Waals surface area contributed by atoms with Crippen molar-refractivity contribution in [3.8, 4) is 11.1 Å². The Hall–Kier alpha value is -2.05. The second kappa shape index (κ2) is 10.3. The summed E-state index contributed by atoms with van der Waals surface area (Å²) in [7, 11) is 0. The van der Waals surface area contributed by atoms with Gasteiger partial charge >= 0.3 is 0 Å². The number of benzene rings is 2. The average molecular weight is 483 g/mol. The van der Waals surface area contributed by atoms with Crippen LogP contribution in [0.15, 0.2) is 42.5 Å². The van der Waals surface area contributed by atoms with Crippen LogP contribution in [0.2, 0.25) is 5.02 Å². The zero-order chi connectivity index (χ0) is 23.7. The SMILES string of the molecule is Cc1ccc(-c2ccc(Cl)cc2)cc1C1C(=O)CC(CC2OCC(C3CCOCC3)O2)CC1=O. The van der Waals surface area contributed by atoms with E-state index in [1.54, 1.807) is 0 Å². The summed E-state index contributed by atoms with van der Waals surface area (Å²) in [5.41, 5.74) is 3.76. The van der Waals surface area contributed by atoms with Crippen molar-refractivity contribution in [3.63, 3.8) is 0 Å². The summed E-state index contributed by atoms with van der Waals surface area (Å²) in [5.74, 6) is -0.264. The van der Waals surface area contributed by atoms with Gasteiger partial charge in [0.1, 0.15) is 17.5 Å². The molecule has 1 aliphatic carbocycles. The van der Waals surface area contributed by atoms with E-state index in [4.69, 9.17) is 25.8 Å². The fraction of sp³-hybridized carbons (Fsp3) is 0.500. The van der Waals surface area contributed by atoms with Crippen LogP contribution in [0.25, 0.3) is 11.1 Å². The topological polar surface area (TPSA) is 61.8 Å². The minimum Gasteiger partial charge on any atom is -0.381 e. The molecule has 0 amide bonds. The van der Waals surface area contributed by atoms with Crippen molar-refractivity contribution in [2.75, 3.05) is 19.8 Å². The van der Waals surface area contributed by atoms with Crippen LogP contribution in [0, 0.1) is 18.8 Å². The smallest absolute Gasteiger partial charge is 0.158 e. The van der Waals surface area contributed by atoms with Crippen molar-refractivity contribution in [1.29, 1.82) is 0 Å². The van der Waals surface area contributed by atoms with Gasteiger partial charge < -0.3 is 14.2 Å². The molecule has 2 heterocycles. The molecule has 2 aliphatic heterocycles. The number of ketones is 2. The van der Waals surface area contributed by atoms with Gasteiger partial charge in [-0.05, 0) is 72.1 Å². The van der Waals surface area contributed by atoms with Gasteiger partial charge in [0.05, 0.1) is 12.7 Å². The molecule has 1 saturated carbocycles. The van der Waals surface area contributed by atoms with E-state index in [0.29, 0.717) is 36.8 Å². The lowest BCUT2D eigenvalue weighted by atomic mass is 9.74. The van der Waals surface area contributed by atoms with Gasteiger partial charge in [-0.1, -0.05) is 35.9 Å². The minimum absolute atomic E-state index is 0.00316. The summed E-state index contributed by atoms with van der Waals surface area (Å²) >= 11 is 6.03. The number of hydrogen-bond donors (Lipinski definition) is 0. The lowest BCUT2D eigenvalue weighted by molar-refractivity contribution is -0.136. The van der Waals surface area contributed by atoms with E-state index in [0.717, 1.165) is 48.3 Å². The van der Waals surface area contributed by atoms with Gasteiger partial charge in [0, 0.05) is 37.5 Å². The number of halogens is 1. The van der Waals surface area contributed by atoms with Crippen molar-refractivity contribution >= 4 is 23.2 Å². The third-order valence-electron chi connectivity index (χ3n) is 7.48. The maximum Gasteiger partial charge on any atom is 0.158 e. The average Bonchev–Trinajstić information content (AvgIpc) is 3.29. The summed E-state index contributed by atoms with van der Waals surface area (Å²) in [6.45, 7) is 4.11. The third kappa shape index (κ3) is 5.13. The van der Waals surface area contributed by atoms with E-state index in [1.807, 2.05) is 49.4 Å². The number of aryl methyl sites for hydroxylation is 1. The molecule has 2 aromatic carbocycles. The van der Waals surface area contributed by atoms with Crippen LogP contribution in [0.5, 0.6) is 0 Å². The molecule has 34 heavy (non-hydrogen) atoms. The number of carbonyl (C=O) groups excluding carboxylic acids is 2. The first-order valence-corrected chi connectivity index (χ1v) is 12.6. The molecule has 180 valence electrons. The van der Waals surface area contributed by atoms with E-state index in [2.05, 4.69) is 0 Å². The van der Waals surface area contributed by atoms with E-state index < -0.39 is 5.92 Å². The van der Waals surface area contributed by atoms with Gasteiger partial charge in [-0.2, -0.15) is 0 Å². The van der Waals surface area contributed by atoms with Gasteiger partial charge in [0.2, 0.25) is 0 Å². The fourth-order valence-electron chi connectivity index (χ4n) is 5.55. The normalized spacial score (nSPS) is 28.4. The summed E-state index contributed by atoms with van der Waals surface area (Å²) in [6, 6.07) is 13.6. The maximum absolute atomic E-state index is 13.2. The van der Waals surface area contributed by atoms with Crippen LogP contribution in [-0.2, 0) is 23.8 Å². The van der Waals surface area contributed by atoms with Crippen LogP contribution in [0.4, 0.5) is 0 Å². The Labute approximate surface area is 205 Å². The third-order valence-corrected chi connectivity index (χ3v) is 7.73. The Bertz CT molecular complexity index is 1030. The van der Waals surface area contributed by atoms with Crippen molar-refractivity contribution in [3.05, 3.63) is 58.6 Å². The second-order valence-corrected chi connectivity index (χ2v) is 10.3. The summed E-state index contributed by atoms with van der Waals surface area (Å²) in [5, 5.41) is 0.675. The molecule has 0 aromatic heterocycles. The lowest BCUT2D eigenvalue weighted by Crippen LogP contribution is -2.34. The summed E-state index contributed by atoms with van der Waals surface area (Å²) in [4.78, 5) is 26.4.